The van der Waals surface area contributed by atoms with E-state index < -0.39 is 156 Å². The summed E-state index contributed by atoms with van der Waals surface area (Å²) < 4.78 is 194. The SMILES string of the molecule is COCc1cc(C(c2cc(COC)c(O)c(COC)c2)(C(F)(F)F)C(F)(F)F)cc(COC)c1O.OCc1cc(C(c2cc(CO)c(O)c(CO)c2)(C(F)(F)F)C(F)(F)F)cc(CO)c1O. The first kappa shape index (κ1) is 55.2. The molecule has 0 aromatic heterocycles. The number of alkyl halides is 12. The predicted molar refractivity (Wildman–Crippen MR) is 205 cm³/mol. The molecule has 12 nitrogen and oxygen atoms in total. The van der Waals surface area contributed by atoms with Crippen LogP contribution in [0.2, 0.25) is 0 Å². The number of hydrogen-bond donors (Lipinski definition) is 8. The van der Waals surface area contributed by atoms with Gasteiger partial charge in [0.15, 0.2) is 0 Å². The molecule has 0 unspecified atom stereocenters. The molecule has 0 amide bonds. The first-order chi connectivity index (χ1) is 30.6. The Balaban J connectivity index is 0.000000353. The molecule has 66 heavy (non-hydrogen) atoms. The van der Waals surface area contributed by atoms with Crippen LogP contribution in [-0.4, -0.2) is 94.0 Å². The molecule has 4 aromatic rings. The van der Waals surface area contributed by atoms with Crippen molar-refractivity contribution in [1.29, 1.82) is 0 Å². The van der Waals surface area contributed by atoms with E-state index in [1.54, 1.807) is 0 Å². The van der Waals surface area contributed by atoms with Crippen molar-refractivity contribution >= 4 is 0 Å². The maximum absolute atomic E-state index is 14.7. The smallest absolute Gasteiger partial charge is 0.411 e. The number of halogens is 12. The first-order valence-electron chi connectivity index (χ1n) is 18.7. The monoisotopic (exact) mass is 968 g/mol. The van der Waals surface area contributed by atoms with E-state index >= 15 is 0 Å². The van der Waals surface area contributed by atoms with Crippen LogP contribution in [0.5, 0.6) is 23.0 Å². The van der Waals surface area contributed by atoms with Gasteiger partial charge in [-0.15, -0.1) is 0 Å². The van der Waals surface area contributed by atoms with Crippen LogP contribution < -0.4 is 0 Å². The Morgan fingerprint density at radius 2 is 0.470 bits per heavy atom. The normalized spacial score (nSPS) is 12.9. The number of aliphatic hydroxyl groups is 4. The van der Waals surface area contributed by atoms with Crippen molar-refractivity contribution in [2.45, 2.75) is 88.4 Å². The van der Waals surface area contributed by atoms with Crippen molar-refractivity contribution in [3.63, 3.8) is 0 Å². The molecule has 4 rings (SSSR count). The number of methoxy groups -OCH3 is 4. The lowest BCUT2D eigenvalue weighted by atomic mass is 9.71. The third-order valence-corrected chi connectivity index (χ3v) is 10.4. The summed E-state index contributed by atoms with van der Waals surface area (Å²) in [6.07, 6.45) is -23.9. The highest BCUT2D eigenvalue weighted by molar-refractivity contribution is 5.57. The Morgan fingerprint density at radius 1 is 0.318 bits per heavy atom. The second-order valence-corrected chi connectivity index (χ2v) is 14.4. The van der Waals surface area contributed by atoms with Gasteiger partial charge < -0.3 is 59.8 Å². The maximum Gasteiger partial charge on any atom is 0.411 e. The standard InChI is InChI=1S/C23H26F6O6.C19H18F6O6/c1-32-9-13-5-17(6-14(10-33-2)19(13)30)21(22(24,25)26,23(27,28)29)18-7-15(11-34-3)20(31)16(8-18)12-35-4;20-18(21,22)17(19(23,24)25,13-1-9(5-26)15(30)10(2-13)6-27)14-3-11(7-28)16(31)12(4-14)8-29/h5-8,30-31H,9-12H2,1-4H3;1-4,26-31H,5-8H2. The fourth-order valence-corrected chi connectivity index (χ4v) is 7.41. The summed E-state index contributed by atoms with van der Waals surface area (Å²) in [5, 5.41) is 77.7. The van der Waals surface area contributed by atoms with Gasteiger partial charge in [-0.2, -0.15) is 52.7 Å². The van der Waals surface area contributed by atoms with Crippen LogP contribution in [0.25, 0.3) is 0 Å². The first-order valence-corrected chi connectivity index (χ1v) is 18.7. The largest absolute Gasteiger partial charge is 0.507 e. The van der Waals surface area contributed by atoms with Crippen LogP contribution in [0.3, 0.4) is 0 Å². The van der Waals surface area contributed by atoms with Crippen LogP contribution in [0.4, 0.5) is 52.7 Å². The summed E-state index contributed by atoms with van der Waals surface area (Å²) in [5.74, 6) is -2.82. The van der Waals surface area contributed by atoms with Gasteiger partial charge in [-0.1, -0.05) is 0 Å². The number of aliphatic hydroxyl groups excluding tert-OH is 4. The van der Waals surface area contributed by atoms with E-state index in [1.165, 1.54) is 28.4 Å². The molecule has 0 aliphatic rings. The minimum Gasteiger partial charge on any atom is -0.507 e. The van der Waals surface area contributed by atoms with Crippen LogP contribution in [0, 0.1) is 0 Å². The number of phenolic OH excluding ortho intramolecular Hbond substituents is 2. The summed E-state index contributed by atoms with van der Waals surface area (Å²) in [5.41, 5.74) is -18.6. The predicted octanol–water partition coefficient (Wildman–Crippen LogP) is 7.57. The summed E-state index contributed by atoms with van der Waals surface area (Å²) in [7, 11) is 4.71. The van der Waals surface area contributed by atoms with Crippen molar-refractivity contribution in [2.24, 2.45) is 0 Å². The molecular formula is C42H44F12O12. The summed E-state index contributed by atoms with van der Waals surface area (Å²) >= 11 is 0. The van der Waals surface area contributed by atoms with Gasteiger partial charge in [0, 0.05) is 72.9 Å². The van der Waals surface area contributed by atoms with E-state index in [9.17, 15) is 93.5 Å². The number of hydrogen-bond acceptors (Lipinski definition) is 12. The minimum absolute atomic E-state index is 0.289. The molecule has 0 spiro atoms. The summed E-state index contributed by atoms with van der Waals surface area (Å²) in [6.45, 7) is -6.34. The van der Waals surface area contributed by atoms with Crippen molar-refractivity contribution in [3.8, 4) is 23.0 Å². The molecule has 0 aliphatic carbocycles. The molecule has 0 saturated carbocycles. The van der Waals surface area contributed by atoms with Crippen LogP contribution in [-0.2, 0) is 82.6 Å². The average molecular weight is 969 g/mol. The molecule has 0 bridgehead atoms. The van der Waals surface area contributed by atoms with Crippen molar-refractivity contribution in [2.75, 3.05) is 28.4 Å². The van der Waals surface area contributed by atoms with Crippen molar-refractivity contribution in [3.05, 3.63) is 115 Å². The number of aromatic hydroxyl groups is 4. The molecule has 0 fully saturated rings. The highest BCUT2D eigenvalue weighted by atomic mass is 19.4. The van der Waals surface area contributed by atoms with E-state index in [1.807, 2.05) is 0 Å². The van der Waals surface area contributed by atoms with E-state index in [-0.39, 0.29) is 22.3 Å². The third kappa shape index (κ3) is 10.2. The van der Waals surface area contributed by atoms with Crippen LogP contribution in [0.1, 0.15) is 66.8 Å². The van der Waals surface area contributed by atoms with Crippen molar-refractivity contribution < 1.29 is 112 Å². The Bertz CT molecular complexity index is 2030. The van der Waals surface area contributed by atoms with Gasteiger partial charge in [0.2, 0.25) is 10.8 Å². The number of phenols is 4. The Labute approximate surface area is 367 Å². The van der Waals surface area contributed by atoms with Gasteiger partial charge >= 0.3 is 24.7 Å². The molecule has 368 valence electrons. The Kier molecular flexibility index (Phi) is 17.8. The molecule has 0 saturated heterocycles. The van der Waals surface area contributed by atoms with Gasteiger partial charge in [-0.3, -0.25) is 0 Å². The Morgan fingerprint density at radius 3 is 0.606 bits per heavy atom. The van der Waals surface area contributed by atoms with E-state index in [0.717, 1.165) is 0 Å². The van der Waals surface area contributed by atoms with Crippen LogP contribution >= 0.6 is 0 Å². The van der Waals surface area contributed by atoms with Gasteiger partial charge in [-0.25, -0.2) is 0 Å². The fraction of sp³-hybridized carbons (Fsp3) is 0.429. The second-order valence-electron chi connectivity index (χ2n) is 14.4. The van der Waals surface area contributed by atoms with Gasteiger partial charge in [0.05, 0.1) is 52.9 Å². The van der Waals surface area contributed by atoms with E-state index in [4.69, 9.17) is 18.9 Å². The number of benzene rings is 4. The van der Waals surface area contributed by atoms with E-state index in [2.05, 4.69) is 0 Å². The zero-order chi connectivity index (χ0) is 50.4. The topological polar surface area (TPSA) is 199 Å². The molecule has 4 aromatic carbocycles. The maximum atomic E-state index is 14.7. The quantitative estimate of drug-likeness (QED) is 0.0514. The third-order valence-electron chi connectivity index (χ3n) is 10.4. The zero-order valence-corrected chi connectivity index (χ0v) is 35.0. The minimum atomic E-state index is -6.06. The highest BCUT2D eigenvalue weighted by Gasteiger charge is 2.74. The van der Waals surface area contributed by atoms with Crippen molar-refractivity contribution in [1.82, 2.24) is 0 Å². The van der Waals surface area contributed by atoms with Gasteiger partial charge in [0.25, 0.3) is 0 Å². The lowest BCUT2D eigenvalue weighted by Gasteiger charge is -2.39. The molecule has 0 heterocycles. The zero-order valence-electron chi connectivity index (χ0n) is 35.0. The fourth-order valence-electron chi connectivity index (χ4n) is 7.41. The summed E-state index contributed by atoms with van der Waals surface area (Å²) in [4.78, 5) is 0. The van der Waals surface area contributed by atoms with Crippen LogP contribution in [0.15, 0.2) is 48.5 Å². The molecular weight excluding hydrogens is 924 g/mol. The average Bonchev–Trinajstić information content (AvgIpc) is 3.21. The lowest BCUT2D eigenvalue weighted by molar-refractivity contribution is -0.290. The number of rotatable bonds is 16. The molecule has 24 heteroatoms. The lowest BCUT2D eigenvalue weighted by Crippen LogP contribution is -2.55. The highest BCUT2D eigenvalue weighted by Crippen LogP contribution is 2.59. The van der Waals surface area contributed by atoms with Gasteiger partial charge in [-0.05, 0) is 70.8 Å². The second kappa shape index (κ2) is 21.3. The summed E-state index contributed by atoms with van der Waals surface area (Å²) in [6, 6.07) is 3.66. The number of ether oxygens (including phenoxy) is 4. The Hall–Kier alpha value is -5.08. The van der Waals surface area contributed by atoms with E-state index in [0.29, 0.717) is 48.5 Å². The molecule has 0 aliphatic heterocycles. The van der Waals surface area contributed by atoms with Gasteiger partial charge in [0.1, 0.15) is 23.0 Å². The molecule has 8 N–H and O–H groups in total. The molecule has 0 atom stereocenters. The molecule has 0 radical (unpaired) electrons.